The Hall–Kier alpha value is -9.16. The predicted octanol–water partition coefficient (Wildman–Crippen LogP) is 19.9. The van der Waals surface area contributed by atoms with E-state index in [0.717, 1.165) is 87.7 Å². The van der Waals surface area contributed by atoms with Crippen LogP contribution in [-0.2, 0) is 0 Å². The van der Waals surface area contributed by atoms with Gasteiger partial charge in [-0.2, -0.15) is 0 Å². The van der Waals surface area contributed by atoms with Crippen molar-refractivity contribution >= 4 is 98.4 Å². The highest BCUT2D eigenvalue weighted by molar-refractivity contribution is 9.10. The van der Waals surface area contributed by atoms with Crippen LogP contribution in [0.3, 0.4) is 0 Å². The average molecular weight is 1000 g/mol. The second-order valence-corrected chi connectivity index (χ2v) is 19.1. The summed E-state index contributed by atoms with van der Waals surface area (Å²) in [5.41, 5.74) is 21.8. The first-order valence-corrected chi connectivity index (χ1v) is 25.1. The maximum Gasteiger partial charge on any atom is 0.136 e. The van der Waals surface area contributed by atoms with Crippen molar-refractivity contribution in [2.45, 2.75) is 0 Å². The quantitative estimate of drug-likeness (QED) is 0.163. The molecule has 4 nitrogen and oxygen atoms in total. The van der Waals surface area contributed by atoms with Gasteiger partial charge in [0.15, 0.2) is 0 Å². The third-order valence-electron chi connectivity index (χ3n) is 13.4. The van der Waals surface area contributed by atoms with E-state index in [1.807, 2.05) is 60.7 Å². The molecule has 0 atom stereocenters. The second kappa shape index (κ2) is 19.9. The molecule has 2 heterocycles. The number of anilines is 3. The summed E-state index contributed by atoms with van der Waals surface area (Å²) in [5.74, 6) is 0. The van der Waals surface area contributed by atoms with Crippen molar-refractivity contribution < 1.29 is 8.83 Å². The summed E-state index contributed by atoms with van der Waals surface area (Å²) in [5, 5.41) is 13.2. The fraction of sp³-hybridized carbons (Fsp3) is 0. The molecule has 0 radical (unpaired) electrons. The van der Waals surface area contributed by atoms with Crippen LogP contribution >= 0.6 is 15.9 Å². The lowest BCUT2D eigenvalue weighted by molar-refractivity contribution is 0.668. The largest absolute Gasteiger partial charge is 0.456 e. The number of nitrogens with two attached hydrogens (primary N) is 1. The fourth-order valence-corrected chi connectivity index (χ4v) is 9.79. The van der Waals surface area contributed by atoms with E-state index in [9.17, 15) is 0 Å². The lowest BCUT2D eigenvalue weighted by Gasteiger charge is -2.10. The van der Waals surface area contributed by atoms with Gasteiger partial charge in [-0.3, -0.25) is 0 Å². The molecule has 348 valence electrons. The van der Waals surface area contributed by atoms with E-state index in [0.29, 0.717) is 0 Å². The molecule has 0 fully saturated rings. The van der Waals surface area contributed by atoms with Gasteiger partial charge in [-0.15, -0.1) is 0 Å². The molecule has 0 aliphatic heterocycles. The van der Waals surface area contributed by atoms with Gasteiger partial charge in [-0.25, -0.2) is 0 Å². The standard InChI is InChI=1S/C34H23NO.C18H13NO.C16H11Br/c1-2-6-26-21-27(10-9-23(26)5-1)24-11-16-29(17-12-24)35-30-18-13-25(14-19-30)28-15-20-32-31-7-3-4-8-33(31)36-34(32)22-28;19-14-8-5-12(6-9-14)13-7-10-16-15-3-1-2-4-17(15)20-18(16)11-13;17-16-9-7-13(8-10-16)15-6-5-12-3-1-2-4-14(12)11-15/h1-22,35H;1-11H,19H2;1-11H. The first-order valence-electron chi connectivity index (χ1n) is 24.3. The summed E-state index contributed by atoms with van der Waals surface area (Å²) < 4.78 is 13.1. The minimum Gasteiger partial charge on any atom is -0.456 e. The zero-order valence-corrected chi connectivity index (χ0v) is 41.3. The maximum atomic E-state index is 6.07. The molecular weight excluding hydrogens is 957 g/mol. The molecule has 5 heteroatoms. The number of benzene rings is 12. The maximum absolute atomic E-state index is 6.07. The average Bonchev–Trinajstić information content (AvgIpc) is 4.02. The van der Waals surface area contributed by atoms with Crippen LogP contribution in [0.4, 0.5) is 17.1 Å². The Kier molecular flexibility index (Phi) is 12.3. The van der Waals surface area contributed by atoms with Gasteiger partial charge in [0.25, 0.3) is 0 Å². The van der Waals surface area contributed by atoms with Crippen LogP contribution in [0.15, 0.2) is 280 Å². The summed E-state index contributed by atoms with van der Waals surface area (Å²) in [6.45, 7) is 0. The number of fused-ring (bicyclic) bond motifs is 8. The van der Waals surface area contributed by atoms with Crippen LogP contribution in [0.1, 0.15) is 0 Å². The summed E-state index contributed by atoms with van der Waals surface area (Å²) in [4.78, 5) is 0. The van der Waals surface area contributed by atoms with E-state index in [1.165, 1.54) is 43.8 Å². The van der Waals surface area contributed by atoms with Gasteiger partial charge < -0.3 is 19.9 Å². The van der Waals surface area contributed by atoms with Crippen molar-refractivity contribution in [1.29, 1.82) is 0 Å². The molecule has 0 amide bonds. The number of nitrogen functional groups attached to an aromatic ring is 1. The van der Waals surface area contributed by atoms with Crippen molar-refractivity contribution in [1.82, 2.24) is 0 Å². The van der Waals surface area contributed by atoms with E-state index in [2.05, 4.69) is 228 Å². The molecule has 0 saturated carbocycles. The number of nitrogens with one attached hydrogen (secondary N) is 1. The lowest BCUT2D eigenvalue weighted by atomic mass is 10.0. The molecule has 73 heavy (non-hydrogen) atoms. The van der Waals surface area contributed by atoms with Crippen molar-refractivity contribution in [3.05, 3.63) is 271 Å². The Bertz CT molecular complexity index is 4230. The molecule has 0 bridgehead atoms. The summed E-state index contributed by atoms with van der Waals surface area (Å²) in [6, 6.07) is 92.6. The van der Waals surface area contributed by atoms with Gasteiger partial charge in [0.2, 0.25) is 0 Å². The van der Waals surface area contributed by atoms with Crippen LogP contribution in [0.25, 0.3) is 110 Å². The van der Waals surface area contributed by atoms with Gasteiger partial charge in [0.1, 0.15) is 22.3 Å². The van der Waals surface area contributed by atoms with E-state index in [4.69, 9.17) is 14.6 Å². The number of rotatable bonds is 6. The fourth-order valence-electron chi connectivity index (χ4n) is 9.53. The lowest BCUT2D eigenvalue weighted by Crippen LogP contribution is -1.90. The molecule has 14 aromatic rings. The summed E-state index contributed by atoms with van der Waals surface area (Å²) in [7, 11) is 0. The van der Waals surface area contributed by atoms with Gasteiger partial charge in [-0.1, -0.05) is 186 Å². The molecule has 0 spiro atoms. The molecule has 2 aromatic heterocycles. The monoisotopic (exact) mass is 1000 g/mol. The molecule has 0 saturated heterocycles. The Morgan fingerprint density at radius 3 is 1.05 bits per heavy atom. The van der Waals surface area contributed by atoms with E-state index in [-0.39, 0.29) is 0 Å². The molecule has 0 aliphatic carbocycles. The molecule has 0 unspecified atom stereocenters. The van der Waals surface area contributed by atoms with Crippen molar-refractivity contribution in [2.75, 3.05) is 11.1 Å². The first-order chi connectivity index (χ1) is 35.9. The van der Waals surface area contributed by atoms with Crippen LogP contribution in [-0.4, -0.2) is 0 Å². The van der Waals surface area contributed by atoms with Gasteiger partial charge in [-0.05, 0) is 163 Å². The predicted molar refractivity (Wildman–Crippen MR) is 312 cm³/mol. The molecule has 12 aromatic carbocycles. The normalized spacial score (nSPS) is 11.1. The number of hydrogen-bond donors (Lipinski definition) is 2. The van der Waals surface area contributed by atoms with Gasteiger partial charge in [0, 0.05) is 43.1 Å². The summed E-state index contributed by atoms with van der Waals surface area (Å²) >= 11 is 3.46. The molecule has 3 N–H and O–H groups in total. The first kappa shape index (κ1) is 45.0. The Morgan fingerprint density at radius 2 is 0.603 bits per heavy atom. The van der Waals surface area contributed by atoms with E-state index in [1.54, 1.807) is 0 Å². The molecular formula is C68H47BrN2O2. The number of furan rings is 2. The second-order valence-electron chi connectivity index (χ2n) is 18.2. The third-order valence-corrected chi connectivity index (χ3v) is 13.9. The Morgan fingerprint density at radius 1 is 0.274 bits per heavy atom. The highest BCUT2D eigenvalue weighted by Crippen LogP contribution is 2.35. The summed E-state index contributed by atoms with van der Waals surface area (Å²) in [6.07, 6.45) is 0. The van der Waals surface area contributed by atoms with Crippen molar-refractivity contribution in [2.24, 2.45) is 0 Å². The van der Waals surface area contributed by atoms with Crippen LogP contribution < -0.4 is 11.1 Å². The molecule has 14 rings (SSSR count). The number of halogens is 1. The Balaban J connectivity index is 0.000000123. The van der Waals surface area contributed by atoms with Gasteiger partial charge in [0.05, 0.1) is 0 Å². The number of para-hydroxylation sites is 2. The smallest absolute Gasteiger partial charge is 0.136 e. The minimum atomic E-state index is 0.776. The molecule has 0 aliphatic rings. The zero-order chi connectivity index (χ0) is 49.1. The van der Waals surface area contributed by atoms with Crippen molar-refractivity contribution in [3.8, 4) is 44.5 Å². The third kappa shape index (κ3) is 9.70. The SMILES string of the molecule is Brc1ccc(-c2ccc3ccccc3c2)cc1.Nc1ccc(-c2ccc3c(c2)oc2ccccc23)cc1.c1ccc2cc(-c3ccc(Nc4ccc(-c5ccc6c(c5)oc5ccccc56)cc4)cc3)ccc2c1. The highest BCUT2D eigenvalue weighted by atomic mass is 79.9. The van der Waals surface area contributed by atoms with Crippen molar-refractivity contribution in [3.63, 3.8) is 0 Å². The van der Waals surface area contributed by atoms with Crippen LogP contribution in [0.2, 0.25) is 0 Å². The van der Waals surface area contributed by atoms with E-state index < -0.39 is 0 Å². The minimum absolute atomic E-state index is 0.776. The van der Waals surface area contributed by atoms with Gasteiger partial charge >= 0.3 is 0 Å². The van der Waals surface area contributed by atoms with E-state index >= 15 is 0 Å². The topological polar surface area (TPSA) is 64.3 Å². The highest BCUT2D eigenvalue weighted by Gasteiger charge is 2.10. The zero-order valence-electron chi connectivity index (χ0n) is 39.7. The van der Waals surface area contributed by atoms with Crippen LogP contribution in [0.5, 0.6) is 0 Å². The van der Waals surface area contributed by atoms with Crippen LogP contribution in [0, 0.1) is 0 Å². The number of hydrogen-bond acceptors (Lipinski definition) is 4. The Labute approximate surface area is 431 Å².